The van der Waals surface area contributed by atoms with E-state index in [0.717, 1.165) is 0 Å². The van der Waals surface area contributed by atoms with E-state index in [1.54, 1.807) is 30.3 Å². The van der Waals surface area contributed by atoms with Crippen LogP contribution in [0.3, 0.4) is 0 Å². The smallest absolute Gasteiger partial charge is 0.408 e. The first kappa shape index (κ1) is 82.1. The predicted molar refractivity (Wildman–Crippen MR) is 332 cm³/mol. The molecule has 36 heteroatoms. The Labute approximate surface area is 561 Å². The number of amides is 7. The molecule has 7 amide bonds. The summed E-state index contributed by atoms with van der Waals surface area (Å²) in [4.78, 5) is 95.4. The summed E-state index contributed by atoms with van der Waals surface area (Å²) in [7, 11) is 0. The van der Waals surface area contributed by atoms with Crippen LogP contribution in [0.5, 0.6) is 0 Å². The fraction of sp³-hybridized carbons (Fsp3) is 0.787. The summed E-state index contributed by atoms with van der Waals surface area (Å²) in [6.45, 7) is 3.28. The predicted octanol–water partition coefficient (Wildman–Crippen LogP) is -7.46. The monoisotopic (exact) mass is 1390 g/mol. The minimum atomic E-state index is -1.65. The maximum atomic E-state index is 14.3. The highest BCUT2D eigenvalue weighted by Gasteiger charge is 2.46. The van der Waals surface area contributed by atoms with Gasteiger partial charge >= 0.3 is 6.09 Å². The highest BCUT2D eigenvalue weighted by Crippen LogP contribution is 2.25. The number of aliphatic hydroxyl groups excluding tert-OH is 12. The highest BCUT2D eigenvalue weighted by molar-refractivity contribution is 5.87. The molecule has 5 rings (SSSR count). The summed E-state index contributed by atoms with van der Waals surface area (Å²) in [6.07, 6.45) is -26.5. The second-order valence-electron chi connectivity index (χ2n) is 24.2. The lowest BCUT2D eigenvalue weighted by Crippen LogP contribution is -2.58. The third kappa shape index (κ3) is 27.2. The molecule has 4 aliphatic rings. The van der Waals surface area contributed by atoms with Crippen molar-refractivity contribution in [1.29, 1.82) is 0 Å². The van der Waals surface area contributed by atoms with Gasteiger partial charge in [-0.2, -0.15) is 0 Å². The van der Waals surface area contributed by atoms with Crippen LogP contribution in [0.25, 0.3) is 0 Å². The van der Waals surface area contributed by atoms with Gasteiger partial charge in [-0.3, -0.25) is 33.7 Å². The van der Waals surface area contributed by atoms with Gasteiger partial charge < -0.3 is 141 Å². The van der Waals surface area contributed by atoms with Crippen LogP contribution in [0.15, 0.2) is 30.3 Å². The lowest BCUT2D eigenvalue weighted by molar-refractivity contribution is -0.292. The van der Waals surface area contributed by atoms with Crippen molar-refractivity contribution in [3.05, 3.63) is 35.9 Å². The number of rotatable bonds is 40. The highest BCUT2D eigenvalue weighted by atomic mass is 16.7. The number of hydrogen-bond acceptors (Lipinski definition) is 29. The second-order valence-corrected chi connectivity index (χ2v) is 24.2. The van der Waals surface area contributed by atoms with Gasteiger partial charge in [0.1, 0.15) is 85.9 Å². The molecule has 4 fully saturated rings. The summed E-state index contributed by atoms with van der Waals surface area (Å²) >= 11 is 0. The van der Waals surface area contributed by atoms with E-state index in [2.05, 4.69) is 37.2 Å². The Kier molecular flexibility index (Phi) is 36.0. The first-order valence-corrected chi connectivity index (χ1v) is 32.8. The number of nitrogens with zero attached hydrogens (tertiary/aromatic N) is 1. The largest absolute Gasteiger partial charge is 0.445 e. The van der Waals surface area contributed by atoms with E-state index in [1.807, 2.05) is 0 Å². The molecule has 4 saturated heterocycles. The Hall–Kier alpha value is -5.53. The molecule has 1 aromatic rings. The Morgan fingerprint density at radius 2 is 0.784 bits per heavy atom. The number of benzene rings is 1. The minimum Gasteiger partial charge on any atom is -0.445 e. The molecule has 0 bridgehead atoms. The van der Waals surface area contributed by atoms with Gasteiger partial charge in [0.15, 0.2) is 25.2 Å². The van der Waals surface area contributed by atoms with Crippen LogP contribution < -0.4 is 37.2 Å². The van der Waals surface area contributed by atoms with Crippen LogP contribution in [0.4, 0.5) is 4.79 Å². The fourth-order valence-corrected chi connectivity index (χ4v) is 10.6. The SMILES string of the molecule is C[C@@H]1O[C@@H](OCCNC(=O)CCCCCNC(=O)[C@H](CCC(=O)NCCCC[C@@H](C(=O)NCCO[C@@H]2O[C@@H](C)[C@@H](O)[C@@H](O)[C@@H]2O)N(CC(=O)NCCO[C@@H]2O[C@@H](C)[C@@H](O)[C@@H](O)[C@@H]2O)CC(=O)NCCO[C@@H]2O[C@@H](C)[C@@H](O)[C@@H](O)[C@@H]2O)NC(=O)OCc2ccccc2)[C@@H](O)[C@H](O)[C@@H]1O. The number of hydrogen-bond donors (Lipinski definition) is 19. The van der Waals surface area contributed by atoms with Crippen LogP contribution in [-0.4, -0.2) is 321 Å². The number of ether oxygens (including phenoxy) is 9. The van der Waals surface area contributed by atoms with Crippen molar-refractivity contribution in [2.75, 3.05) is 78.8 Å². The molecule has 554 valence electrons. The molecule has 22 atom stereocenters. The molecular formula is C61H102N8O28. The van der Waals surface area contributed by atoms with Gasteiger partial charge in [-0.25, -0.2) is 4.79 Å². The molecule has 0 spiro atoms. The number of unbranched alkanes of at least 4 members (excludes halogenated alkanes) is 3. The Bertz CT molecular complexity index is 2490. The second kappa shape index (κ2) is 42.5. The third-order valence-corrected chi connectivity index (χ3v) is 16.6. The summed E-state index contributed by atoms with van der Waals surface area (Å²) in [5.41, 5.74) is 0.677. The zero-order valence-corrected chi connectivity index (χ0v) is 55.0. The van der Waals surface area contributed by atoms with Crippen LogP contribution in [0.2, 0.25) is 0 Å². The van der Waals surface area contributed by atoms with Crippen molar-refractivity contribution in [2.45, 2.75) is 227 Å². The van der Waals surface area contributed by atoms with Crippen molar-refractivity contribution in [1.82, 2.24) is 42.1 Å². The zero-order chi connectivity index (χ0) is 71.3. The lowest BCUT2D eigenvalue weighted by atomic mass is 10.0. The van der Waals surface area contributed by atoms with Gasteiger partial charge in [0.25, 0.3) is 0 Å². The molecule has 0 unspecified atom stereocenters. The first-order valence-electron chi connectivity index (χ1n) is 32.8. The van der Waals surface area contributed by atoms with Crippen molar-refractivity contribution >= 4 is 41.5 Å². The third-order valence-electron chi connectivity index (χ3n) is 16.6. The topological polar surface area (TPSA) is 533 Å². The van der Waals surface area contributed by atoms with Crippen molar-refractivity contribution < 1.29 is 137 Å². The van der Waals surface area contributed by atoms with Gasteiger partial charge in [0.05, 0.1) is 70.0 Å². The van der Waals surface area contributed by atoms with Crippen molar-refractivity contribution in [3.63, 3.8) is 0 Å². The zero-order valence-electron chi connectivity index (χ0n) is 55.0. The Morgan fingerprint density at radius 1 is 0.412 bits per heavy atom. The van der Waals surface area contributed by atoms with Gasteiger partial charge in [-0.05, 0) is 71.8 Å². The lowest BCUT2D eigenvalue weighted by Gasteiger charge is -2.39. The van der Waals surface area contributed by atoms with Gasteiger partial charge in [0.2, 0.25) is 35.4 Å². The summed E-state index contributed by atoms with van der Waals surface area (Å²) in [5.74, 6) is -3.58. The summed E-state index contributed by atoms with van der Waals surface area (Å²) in [6, 6.07) is 6.25. The first-order chi connectivity index (χ1) is 46.2. The van der Waals surface area contributed by atoms with Gasteiger partial charge in [-0.1, -0.05) is 36.8 Å². The average Bonchev–Trinajstić information content (AvgIpc) is 0.869. The molecule has 0 aromatic heterocycles. The molecule has 0 radical (unpaired) electrons. The maximum absolute atomic E-state index is 14.3. The molecule has 0 saturated carbocycles. The standard InChI is InChI=1S/C61H102N8O28/c1-32-43(74)47(78)51(82)57(94-32)89-25-21-63-39(70)16-9-6-11-20-66-55(86)37(68-61(88)93-31-36-13-7-5-8-14-36)17-18-40(71)62-19-12-10-15-38(56(87)67-24-28-92-60-54(85)50(81)46(77)35(4)97-60)69(29-41(72)64-22-26-90-58-52(83)48(79)44(75)33(2)95-58)30-42(73)65-23-27-91-59-53(84)49(80)45(76)34(3)96-59/h5,7-8,13-14,32-35,37-38,43-54,57-60,74-85H,6,9-12,15-31H2,1-4H3,(H,62,71)(H,63,70)(H,64,72)(H,65,73)(H,66,86)(H,67,87)(H,68,88)/t32-,33-,34-,35-,37-,38-,43+,44+,45+,46+,47+,48+,49+,50+,51-,52-,53-,54-,57+,58+,59+,60+/m0/s1. The van der Waals surface area contributed by atoms with Crippen molar-refractivity contribution in [3.8, 4) is 0 Å². The fourth-order valence-electron chi connectivity index (χ4n) is 10.6. The van der Waals surface area contributed by atoms with E-state index in [4.69, 9.17) is 42.6 Å². The van der Waals surface area contributed by atoms with Gasteiger partial charge in [0, 0.05) is 52.1 Å². The number of carbonyl (C=O) groups is 7. The molecule has 97 heavy (non-hydrogen) atoms. The number of aliphatic hydroxyl groups is 12. The van der Waals surface area contributed by atoms with E-state index in [1.165, 1.54) is 32.6 Å². The van der Waals surface area contributed by atoms with E-state index in [0.29, 0.717) is 24.8 Å². The van der Waals surface area contributed by atoms with Gasteiger partial charge in [-0.15, -0.1) is 0 Å². The van der Waals surface area contributed by atoms with E-state index in [9.17, 15) is 94.8 Å². The summed E-state index contributed by atoms with van der Waals surface area (Å²) < 4.78 is 49.2. The minimum absolute atomic E-state index is 0.0257. The number of nitrogens with one attached hydrogen (secondary N) is 7. The summed E-state index contributed by atoms with van der Waals surface area (Å²) in [5, 5.41) is 141. The van der Waals surface area contributed by atoms with Crippen molar-refractivity contribution in [2.24, 2.45) is 0 Å². The number of carbonyl (C=O) groups excluding carboxylic acids is 7. The van der Waals surface area contributed by atoms with E-state index in [-0.39, 0.29) is 117 Å². The maximum Gasteiger partial charge on any atom is 0.408 e. The Morgan fingerprint density at radius 3 is 1.23 bits per heavy atom. The molecule has 4 aliphatic heterocycles. The van der Waals surface area contributed by atoms with E-state index < -0.39 is 184 Å². The van der Waals surface area contributed by atoms with Crippen LogP contribution >= 0.6 is 0 Å². The molecular weight excluding hydrogens is 1290 g/mol. The molecule has 0 aliphatic carbocycles. The molecule has 36 nitrogen and oxygen atoms in total. The quantitative estimate of drug-likeness (QED) is 0.0271. The molecule has 19 N–H and O–H groups in total. The van der Waals surface area contributed by atoms with Crippen LogP contribution in [-0.2, 0) is 78.0 Å². The van der Waals surface area contributed by atoms with Crippen LogP contribution in [0.1, 0.15) is 91.0 Å². The Balaban J connectivity index is 1.17. The van der Waals surface area contributed by atoms with E-state index >= 15 is 0 Å². The normalized spacial score (nSPS) is 31.1. The number of alkyl carbamates (subject to hydrolysis) is 1. The average molecular weight is 1400 g/mol. The molecule has 4 heterocycles. The van der Waals surface area contributed by atoms with Crippen LogP contribution in [0, 0.1) is 0 Å². The molecule has 1 aromatic carbocycles.